The molecular weight excluding hydrogens is 840 g/mol. The van der Waals surface area contributed by atoms with Crippen molar-refractivity contribution in [3.63, 3.8) is 0 Å². The first-order chi connectivity index (χ1) is 28.1. The Morgan fingerprint density at radius 2 is 0.917 bits per heavy atom. The molecule has 4 rings (SSSR count). The monoisotopic (exact) mass is 904 g/mol. The fourth-order valence-corrected chi connectivity index (χ4v) is 6.44. The van der Waals surface area contributed by atoms with E-state index in [0.717, 1.165) is 48.3 Å². The van der Waals surface area contributed by atoms with E-state index in [1.54, 1.807) is 36.6 Å². The Morgan fingerprint density at radius 1 is 0.550 bits per heavy atom. The zero-order valence-corrected chi connectivity index (χ0v) is 38.9. The summed E-state index contributed by atoms with van der Waals surface area (Å²) in [7, 11) is 0. The lowest BCUT2D eigenvalue weighted by molar-refractivity contribution is -0.167. The number of hydrogen-bond donors (Lipinski definition) is 0. The number of Topliss-reactive ketones (excluding diaryl/α,β-unsaturated/α-hetero) is 1. The number of ether oxygens (including phenoxy) is 5. The van der Waals surface area contributed by atoms with Crippen molar-refractivity contribution >= 4 is 51.8 Å². The second-order valence-corrected chi connectivity index (χ2v) is 17.1. The Balaban J connectivity index is 0.000000344. The lowest BCUT2D eigenvalue weighted by Gasteiger charge is -2.35. The van der Waals surface area contributed by atoms with Crippen LogP contribution in [0.3, 0.4) is 0 Å². The third-order valence-electron chi connectivity index (χ3n) is 8.73. The number of amides is 2. The highest BCUT2D eigenvalue weighted by Gasteiger charge is 2.28. The molecule has 0 N–H and O–H groups in total. The van der Waals surface area contributed by atoms with Crippen molar-refractivity contribution in [3.05, 3.63) is 68.7 Å². The van der Waals surface area contributed by atoms with Gasteiger partial charge in [0.15, 0.2) is 0 Å². The Morgan fingerprint density at radius 3 is 1.30 bits per heavy atom. The maximum atomic E-state index is 12.5. The van der Waals surface area contributed by atoms with Gasteiger partial charge in [0.2, 0.25) is 0 Å². The van der Waals surface area contributed by atoms with Gasteiger partial charge in [-0.05, 0) is 105 Å². The van der Waals surface area contributed by atoms with Gasteiger partial charge in [0.1, 0.15) is 11.2 Å². The van der Waals surface area contributed by atoms with E-state index in [1.807, 2.05) is 60.6 Å². The van der Waals surface area contributed by atoms with Crippen molar-refractivity contribution in [2.45, 2.75) is 100 Å². The van der Waals surface area contributed by atoms with Crippen LogP contribution in [-0.4, -0.2) is 139 Å². The Hall–Kier alpha value is -4.54. The molecule has 2 saturated heterocycles. The largest absolute Gasteiger partial charge is 0.460 e. The number of piperazine rings is 2. The number of esters is 3. The first kappa shape index (κ1) is 51.6. The molecule has 0 aromatic heterocycles. The number of benzene rings is 2. The fourth-order valence-electron chi connectivity index (χ4n) is 5.82. The first-order valence-electron chi connectivity index (χ1n) is 20.4. The molecule has 0 bridgehead atoms. The van der Waals surface area contributed by atoms with Gasteiger partial charge in [-0.2, -0.15) is 0 Å². The van der Waals surface area contributed by atoms with Crippen molar-refractivity contribution in [2.24, 2.45) is 0 Å². The molecule has 0 radical (unpaired) electrons. The number of rotatable bonds is 9. The van der Waals surface area contributed by atoms with E-state index >= 15 is 0 Å². The van der Waals surface area contributed by atoms with E-state index in [1.165, 1.54) is 11.1 Å². The minimum Gasteiger partial charge on any atom is -0.460 e. The summed E-state index contributed by atoms with van der Waals surface area (Å²) in [4.78, 5) is 77.5. The van der Waals surface area contributed by atoms with Crippen molar-refractivity contribution in [1.29, 1.82) is 0 Å². The quantitative estimate of drug-likeness (QED) is 0.113. The predicted molar refractivity (Wildman–Crippen MR) is 230 cm³/mol. The van der Waals surface area contributed by atoms with Crippen LogP contribution in [0.4, 0.5) is 9.59 Å². The van der Waals surface area contributed by atoms with Gasteiger partial charge in [0, 0.05) is 75.5 Å². The van der Waals surface area contributed by atoms with Gasteiger partial charge >= 0.3 is 30.1 Å². The molecule has 0 aliphatic carbocycles. The number of nitrogens with zero attached hydrogens (tertiary/aromatic N) is 4. The zero-order chi connectivity index (χ0) is 45.2. The Bertz CT molecular complexity index is 1740. The molecule has 2 heterocycles. The second-order valence-electron chi connectivity index (χ2n) is 16.2. The van der Waals surface area contributed by atoms with Crippen LogP contribution >= 0.6 is 15.9 Å². The summed E-state index contributed by atoms with van der Waals surface area (Å²) < 4.78 is 25.5. The Labute approximate surface area is 364 Å². The molecule has 2 aliphatic heterocycles. The van der Waals surface area contributed by atoms with Gasteiger partial charge < -0.3 is 33.5 Å². The van der Waals surface area contributed by atoms with Crippen molar-refractivity contribution in [3.8, 4) is 0 Å². The minimum atomic E-state index is -0.927. The minimum absolute atomic E-state index is 0.165. The molecule has 15 nitrogen and oxygen atoms in total. The molecule has 2 aromatic rings. The molecule has 16 heteroatoms. The van der Waals surface area contributed by atoms with Crippen LogP contribution < -0.4 is 0 Å². The summed E-state index contributed by atoms with van der Waals surface area (Å²) in [5.74, 6) is -3.30. The lowest BCUT2D eigenvalue weighted by Crippen LogP contribution is -2.49. The van der Waals surface area contributed by atoms with Crippen LogP contribution in [0.5, 0.6) is 0 Å². The molecule has 334 valence electrons. The van der Waals surface area contributed by atoms with Gasteiger partial charge in [-0.1, -0.05) is 45.8 Å². The van der Waals surface area contributed by atoms with Gasteiger partial charge in [-0.3, -0.25) is 14.6 Å². The van der Waals surface area contributed by atoms with Gasteiger partial charge in [-0.25, -0.2) is 24.0 Å². The smallest absolute Gasteiger partial charge is 0.417 e. The molecule has 2 aliphatic rings. The summed E-state index contributed by atoms with van der Waals surface area (Å²) >= 11 is 3.63. The third-order valence-corrected chi connectivity index (χ3v) is 9.47. The highest BCUT2D eigenvalue weighted by molar-refractivity contribution is 9.10. The highest BCUT2D eigenvalue weighted by Crippen LogP contribution is 2.22. The van der Waals surface area contributed by atoms with Gasteiger partial charge in [0.25, 0.3) is 5.78 Å². The van der Waals surface area contributed by atoms with E-state index in [2.05, 4.69) is 60.3 Å². The van der Waals surface area contributed by atoms with E-state index < -0.39 is 34.9 Å². The SMILES string of the molecule is CCOC(=O)C(=O)OCC.CCOC(=O)C(=O)c1cc(C)ccc1CN1CCN(C(=O)OC(C)(C)C)CC1.Cc1ccc(CN2CCN(C(=O)OC(C)(C)C)CC2)c(Br)c1. The zero-order valence-electron chi connectivity index (χ0n) is 37.3. The molecule has 0 unspecified atom stereocenters. The maximum absolute atomic E-state index is 12.5. The van der Waals surface area contributed by atoms with Crippen LogP contribution in [0.15, 0.2) is 40.9 Å². The van der Waals surface area contributed by atoms with Crippen LogP contribution in [0.1, 0.15) is 94.9 Å². The number of carbonyl (C=O) groups is 6. The average Bonchev–Trinajstić information content (AvgIpc) is 3.16. The number of carbonyl (C=O) groups excluding carboxylic acids is 6. The summed E-state index contributed by atoms with van der Waals surface area (Å²) in [5, 5.41) is 0. The Kier molecular flexibility index (Phi) is 21.2. The normalized spacial score (nSPS) is 14.7. The number of hydrogen-bond acceptors (Lipinski definition) is 13. The molecule has 60 heavy (non-hydrogen) atoms. The van der Waals surface area contributed by atoms with Crippen molar-refractivity contribution in [1.82, 2.24) is 19.6 Å². The molecule has 2 aromatic carbocycles. The lowest BCUT2D eigenvalue weighted by atomic mass is 10.00. The van der Waals surface area contributed by atoms with Gasteiger partial charge in [-0.15, -0.1) is 0 Å². The topological polar surface area (TPSA) is 162 Å². The van der Waals surface area contributed by atoms with Crippen molar-refractivity contribution < 1.29 is 52.5 Å². The van der Waals surface area contributed by atoms with E-state index in [0.29, 0.717) is 38.3 Å². The molecule has 2 fully saturated rings. The second kappa shape index (κ2) is 24.7. The summed E-state index contributed by atoms with van der Waals surface area (Å²) in [6.45, 7) is 27.8. The summed E-state index contributed by atoms with van der Waals surface area (Å²) in [6.07, 6.45) is -0.510. The highest BCUT2D eigenvalue weighted by atomic mass is 79.9. The van der Waals surface area contributed by atoms with Crippen molar-refractivity contribution in [2.75, 3.05) is 72.2 Å². The molecule has 0 saturated carbocycles. The van der Waals surface area contributed by atoms with E-state index in [4.69, 9.17) is 14.2 Å². The van der Waals surface area contributed by atoms with Crippen LogP contribution in [0.25, 0.3) is 0 Å². The fraction of sp³-hybridized carbons (Fsp3) is 0.591. The maximum Gasteiger partial charge on any atom is 0.417 e. The van der Waals surface area contributed by atoms with Crippen LogP contribution in [0.2, 0.25) is 0 Å². The summed E-state index contributed by atoms with van der Waals surface area (Å²) in [6, 6.07) is 12.0. The number of halogens is 1. The number of aryl methyl sites for hydroxylation is 2. The third kappa shape index (κ3) is 18.8. The van der Waals surface area contributed by atoms with E-state index in [9.17, 15) is 28.8 Å². The van der Waals surface area contributed by atoms with Crippen LogP contribution in [0, 0.1) is 13.8 Å². The summed E-state index contributed by atoms with van der Waals surface area (Å²) in [5.41, 5.74) is 3.68. The molecular formula is C44H65BrN4O11. The average molecular weight is 906 g/mol. The van der Waals surface area contributed by atoms with E-state index in [-0.39, 0.29) is 32.0 Å². The molecule has 0 atom stereocenters. The first-order valence-corrected chi connectivity index (χ1v) is 21.2. The molecule has 0 spiro atoms. The molecule has 2 amide bonds. The van der Waals surface area contributed by atoms with Gasteiger partial charge in [0.05, 0.1) is 19.8 Å². The van der Waals surface area contributed by atoms with Crippen LogP contribution in [-0.2, 0) is 51.2 Å². The predicted octanol–water partition coefficient (Wildman–Crippen LogP) is 6.72. The standard InChI is InChI=1S/C21H30N2O5.C17H25BrN2O2.C6H10O4/c1-6-27-19(25)18(24)17-13-15(2)7-8-16(17)14-22-9-11-23(12-10-22)20(26)28-21(3,4)5;1-13-5-6-14(15(18)11-13)12-19-7-9-20(10-8-19)16(21)22-17(2,3)4;1-3-9-5(7)6(8)10-4-2/h7-8,13H,6,9-12,14H2,1-5H3;5-6,11H,7-10,12H2,1-4H3;3-4H2,1-2H3. The number of ketones is 1.